The largest absolute Gasteiger partial charge is 0.494 e. The second-order valence-electron chi connectivity index (χ2n) is 8.01. The van der Waals surface area contributed by atoms with Gasteiger partial charge in [0.2, 0.25) is 5.76 Å². The molecule has 1 amide bonds. The van der Waals surface area contributed by atoms with Crippen LogP contribution in [0.25, 0.3) is 11.0 Å². The minimum Gasteiger partial charge on any atom is -0.494 e. The van der Waals surface area contributed by atoms with Crippen molar-refractivity contribution >= 4 is 28.5 Å². The summed E-state index contributed by atoms with van der Waals surface area (Å²) < 4.78 is 11.7. The summed E-state index contributed by atoms with van der Waals surface area (Å²) in [6.07, 6.45) is 0.909. The Morgan fingerprint density at radius 2 is 1.70 bits per heavy atom. The van der Waals surface area contributed by atoms with Gasteiger partial charge in [-0.3, -0.25) is 9.59 Å². The third-order valence-corrected chi connectivity index (χ3v) is 6.21. The van der Waals surface area contributed by atoms with E-state index in [4.69, 9.17) is 20.8 Å². The summed E-state index contributed by atoms with van der Waals surface area (Å²) in [5, 5.41) is 1.02. The van der Waals surface area contributed by atoms with E-state index < -0.39 is 6.04 Å². The quantitative estimate of drug-likeness (QED) is 0.356. The molecule has 0 fully saturated rings. The lowest BCUT2D eigenvalue weighted by Gasteiger charge is -2.25. The third-order valence-electron chi connectivity index (χ3n) is 5.84. The molecule has 5 nitrogen and oxygen atoms in total. The second-order valence-corrected chi connectivity index (χ2v) is 8.42. The van der Waals surface area contributed by atoms with Gasteiger partial charge in [0.25, 0.3) is 5.91 Å². The Morgan fingerprint density at radius 3 is 2.45 bits per heavy atom. The van der Waals surface area contributed by atoms with Gasteiger partial charge in [-0.25, -0.2) is 0 Å². The number of benzene rings is 3. The van der Waals surface area contributed by atoms with Crippen LogP contribution in [0, 0.1) is 0 Å². The Hall–Kier alpha value is -3.57. The summed E-state index contributed by atoms with van der Waals surface area (Å²) in [7, 11) is 0. The number of carbonyl (C=O) groups excluding carboxylic acids is 1. The fraction of sp³-hybridized carbons (Fsp3) is 0.185. The Morgan fingerprint density at radius 1 is 0.970 bits per heavy atom. The molecule has 1 aliphatic heterocycles. The topological polar surface area (TPSA) is 59.8 Å². The van der Waals surface area contributed by atoms with Crippen molar-refractivity contribution in [3.05, 3.63) is 110 Å². The zero-order valence-electron chi connectivity index (χ0n) is 18.1. The number of halogens is 1. The zero-order chi connectivity index (χ0) is 22.9. The average Bonchev–Trinajstić information content (AvgIpc) is 3.11. The first kappa shape index (κ1) is 21.3. The third kappa shape index (κ3) is 3.79. The molecule has 3 aromatic carbocycles. The van der Waals surface area contributed by atoms with Crippen LogP contribution >= 0.6 is 11.6 Å². The number of amides is 1. The minimum atomic E-state index is -0.593. The number of rotatable bonds is 6. The van der Waals surface area contributed by atoms with Crippen molar-refractivity contribution in [1.29, 1.82) is 0 Å². The van der Waals surface area contributed by atoms with E-state index in [0.717, 1.165) is 23.3 Å². The molecule has 166 valence electrons. The van der Waals surface area contributed by atoms with E-state index >= 15 is 0 Å². The fourth-order valence-corrected chi connectivity index (χ4v) is 4.45. The molecule has 4 aromatic rings. The maximum atomic E-state index is 13.5. The minimum absolute atomic E-state index is 0.0852. The van der Waals surface area contributed by atoms with Crippen LogP contribution in [0.4, 0.5) is 0 Å². The molecule has 0 saturated heterocycles. The van der Waals surface area contributed by atoms with Crippen molar-refractivity contribution in [3.63, 3.8) is 0 Å². The molecular formula is C27H22ClNO4. The lowest BCUT2D eigenvalue weighted by Crippen LogP contribution is -2.29. The monoisotopic (exact) mass is 459 g/mol. The van der Waals surface area contributed by atoms with Gasteiger partial charge < -0.3 is 14.1 Å². The van der Waals surface area contributed by atoms with Crippen LogP contribution in [0.5, 0.6) is 5.75 Å². The Bertz CT molecular complexity index is 1390. The Balaban J connectivity index is 1.65. The Labute approximate surface area is 196 Å². The molecule has 2 heterocycles. The van der Waals surface area contributed by atoms with Gasteiger partial charge in [-0.1, -0.05) is 61.0 Å². The summed E-state index contributed by atoms with van der Waals surface area (Å²) in [5.74, 6) is 0.500. The highest BCUT2D eigenvalue weighted by Crippen LogP contribution is 2.40. The number of ether oxygens (including phenoxy) is 1. The SMILES string of the molecule is CCCOc1ccc(C2c3c(oc4ccccc4c3=O)C(=O)N2Cc2ccccc2Cl)cc1. The van der Waals surface area contributed by atoms with Crippen LogP contribution in [0.3, 0.4) is 0 Å². The Kier molecular flexibility index (Phi) is 5.65. The number of nitrogens with zero attached hydrogens (tertiary/aromatic N) is 1. The number of fused-ring (bicyclic) bond motifs is 2. The molecule has 0 bridgehead atoms. The molecule has 0 spiro atoms. The fourth-order valence-electron chi connectivity index (χ4n) is 4.25. The van der Waals surface area contributed by atoms with Crippen molar-refractivity contribution in [1.82, 2.24) is 4.90 Å². The summed E-state index contributed by atoms with van der Waals surface area (Å²) in [6.45, 7) is 2.92. The molecular weight excluding hydrogens is 438 g/mol. The summed E-state index contributed by atoms with van der Waals surface area (Å²) in [6, 6.07) is 21.3. The molecule has 0 radical (unpaired) electrons. The average molecular weight is 460 g/mol. The highest BCUT2D eigenvalue weighted by Gasteiger charge is 2.42. The molecule has 1 aromatic heterocycles. The molecule has 6 heteroatoms. The molecule has 1 unspecified atom stereocenters. The molecule has 0 saturated carbocycles. The van der Waals surface area contributed by atoms with Gasteiger partial charge in [0.1, 0.15) is 11.3 Å². The van der Waals surface area contributed by atoms with Crippen molar-refractivity contribution in [2.24, 2.45) is 0 Å². The molecule has 1 atom stereocenters. The van der Waals surface area contributed by atoms with Crippen LogP contribution in [-0.4, -0.2) is 17.4 Å². The summed E-state index contributed by atoms with van der Waals surface area (Å²) >= 11 is 6.40. The van der Waals surface area contributed by atoms with E-state index in [1.54, 1.807) is 35.2 Å². The van der Waals surface area contributed by atoms with Gasteiger partial charge in [-0.15, -0.1) is 0 Å². The van der Waals surface area contributed by atoms with Crippen LogP contribution in [0.1, 0.15) is 46.6 Å². The van der Waals surface area contributed by atoms with E-state index in [9.17, 15) is 9.59 Å². The van der Waals surface area contributed by atoms with Crippen LogP contribution < -0.4 is 10.2 Å². The van der Waals surface area contributed by atoms with Gasteiger partial charge in [-0.2, -0.15) is 0 Å². The summed E-state index contributed by atoms with van der Waals surface area (Å²) in [4.78, 5) is 28.7. The van der Waals surface area contributed by atoms with Crippen molar-refractivity contribution < 1.29 is 13.9 Å². The number of hydrogen-bond acceptors (Lipinski definition) is 4. The molecule has 0 N–H and O–H groups in total. The molecule has 33 heavy (non-hydrogen) atoms. The van der Waals surface area contributed by atoms with E-state index in [0.29, 0.717) is 28.2 Å². The van der Waals surface area contributed by atoms with Crippen LogP contribution in [-0.2, 0) is 6.54 Å². The maximum Gasteiger partial charge on any atom is 0.291 e. The smallest absolute Gasteiger partial charge is 0.291 e. The number of para-hydroxylation sites is 1. The first-order valence-electron chi connectivity index (χ1n) is 10.9. The first-order valence-corrected chi connectivity index (χ1v) is 11.3. The second kappa shape index (κ2) is 8.75. The molecule has 1 aliphatic rings. The maximum absolute atomic E-state index is 13.5. The van der Waals surface area contributed by atoms with Crippen LogP contribution in [0.15, 0.2) is 82.0 Å². The van der Waals surface area contributed by atoms with Crippen molar-refractivity contribution in [2.75, 3.05) is 6.61 Å². The van der Waals surface area contributed by atoms with Gasteiger partial charge in [0.05, 0.1) is 23.6 Å². The van der Waals surface area contributed by atoms with Gasteiger partial charge in [0.15, 0.2) is 5.43 Å². The standard InChI is InChI=1S/C27H22ClNO4/c1-2-15-32-19-13-11-17(12-14-19)24-23-25(30)20-8-4-6-10-22(20)33-26(23)27(31)29(24)16-18-7-3-5-9-21(18)28/h3-14,24H,2,15-16H2,1H3. The van der Waals surface area contributed by atoms with Gasteiger partial charge >= 0.3 is 0 Å². The van der Waals surface area contributed by atoms with E-state index in [2.05, 4.69) is 0 Å². The number of hydrogen-bond donors (Lipinski definition) is 0. The highest BCUT2D eigenvalue weighted by atomic mass is 35.5. The van der Waals surface area contributed by atoms with Crippen LogP contribution in [0.2, 0.25) is 5.02 Å². The zero-order valence-corrected chi connectivity index (χ0v) is 18.8. The lowest BCUT2D eigenvalue weighted by molar-refractivity contribution is 0.0714. The lowest BCUT2D eigenvalue weighted by atomic mass is 9.98. The number of carbonyl (C=O) groups is 1. The van der Waals surface area contributed by atoms with E-state index in [1.165, 1.54) is 0 Å². The predicted molar refractivity (Wildman–Crippen MR) is 128 cm³/mol. The van der Waals surface area contributed by atoms with E-state index in [-0.39, 0.29) is 23.6 Å². The van der Waals surface area contributed by atoms with Gasteiger partial charge in [-0.05, 0) is 47.9 Å². The van der Waals surface area contributed by atoms with Crippen molar-refractivity contribution in [3.8, 4) is 5.75 Å². The normalized spacial score (nSPS) is 15.2. The molecule has 0 aliphatic carbocycles. The highest BCUT2D eigenvalue weighted by molar-refractivity contribution is 6.31. The van der Waals surface area contributed by atoms with E-state index in [1.807, 2.05) is 49.4 Å². The molecule has 5 rings (SSSR count). The van der Waals surface area contributed by atoms with Crippen molar-refractivity contribution in [2.45, 2.75) is 25.9 Å². The first-order chi connectivity index (χ1) is 16.1. The predicted octanol–water partition coefficient (Wildman–Crippen LogP) is 5.98. The summed E-state index contributed by atoms with van der Waals surface area (Å²) in [5.41, 5.74) is 2.16. The van der Waals surface area contributed by atoms with Gasteiger partial charge in [0, 0.05) is 11.6 Å².